The minimum Gasteiger partial charge on any atom is -0.303 e. The molecular formula is C16H20N2S. The molecule has 0 saturated carbocycles. The van der Waals surface area contributed by atoms with E-state index in [-0.39, 0.29) is 0 Å². The molecule has 0 atom stereocenters. The van der Waals surface area contributed by atoms with Crippen LogP contribution >= 0.6 is 11.3 Å². The van der Waals surface area contributed by atoms with Crippen molar-refractivity contribution < 1.29 is 0 Å². The number of thiazole rings is 1. The molecule has 19 heavy (non-hydrogen) atoms. The summed E-state index contributed by atoms with van der Waals surface area (Å²) in [7, 11) is 0. The van der Waals surface area contributed by atoms with Crippen molar-refractivity contribution in [3.8, 4) is 0 Å². The first kappa shape index (κ1) is 12.8. The minimum atomic E-state index is 1.04. The van der Waals surface area contributed by atoms with Crippen molar-refractivity contribution in [2.75, 3.05) is 19.6 Å². The molecule has 0 N–H and O–H groups in total. The third kappa shape index (κ3) is 2.45. The molecule has 0 amide bonds. The molecule has 100 valence electrons. The Bertz CT molecular complexity index is 645. The monoisotopic (exact) mass is 272 g/mol. The number of hydrogen-bond acceptors (Lipinski definition) is 3. The van der Waals surface area contributed by atoms with Crippen molar-refractivity contribution in [3.63, 3.8) is 0 Å². The standard InChI is InChI=1S/C16H20N2S/c1-3-18(4-2)10-9-15-17-16-13-8-6-5-7-12(13)11-14(16)19-15/h5-7,11H,3-4,8-10H2,1-2H3. The molecule has 0 aliphatic heterocycles. The predicted molar refractivity (Wildman–Crippen MR) is 82.6 cm³/mol. The molecule has 3 heteroatoms. The Kier molecular flexibility index (Phi) is 3.67. The topological polar surface area (TPSA) is 16.1 Å². The zero-order valence-corrected chi connectivity index (χ0v) is 12.5. The summed E-state index contributed by atoms with van der Waals surface area (Å²) in [6.45, 7) is 7.82. The highest BCUT2D eigenvalue weighted by atomic mass is 32.1. The third-order valence-electron chi connectivity index (χ3n) is 3.89. The Morgan fingerprint density at radius 3 is 2.95 bits per heavy atom. The fraction of sp³-hybridized carbons (Fsp3) is 0.438. The summed E-state index contributed by atoms with van der Waals surface area (Å²) >= 11 is 1.87. The van der Waals surface area contributed by atoms with Crippen LogP contribution in [0.3, 0.4) is 0 Å². The molecule has 0 spiro atoms. The van der Waals surface area contributed by atoms with E-state index in [9.17, 15) is 0 Å². The van der Waals surface area contributed by atoms with Gasteiger partial charge in [0.2, 0.25) is 0 Å². The fourth-order valence-electron chi connectivity index (χ4n) is 2.68. The highest BCUT2D eigenvalue weighted by Gasteiger charge is 2.15. The first-order valence-electron chi connectivity index (χ1n) is 7.12. The molecule has 1 aromatic heterocycles. The molecule has 1 heterocycles. The lowest BCUT2D eigenvalue weighted by atomic mass is 10.0. The third-order valence-corrected chi connectivity index (χ3v) is 4.95. The number of nitrogens with zero attached hydrogens (tertiary/aromatic N) is 2. The zero-order chi connectivity index (χ0) is 13.2. The maximum Gasteiger partial charge on any atom is 0.0951 e. The predicted octanol–water partition coefficient (Wildman–Crippen LogP) is 1.86. The SMILES string of the molecule is CCN(CC)CCc1nc2c(s1)=CC1=CC=CCC=21. The van der Waals surface area contributed by atoms with E-state index in [1.165, 1.54) is 26.0 Å². The average molecular weight is 272 g/mol. The Morgan fingerprint density at radius 1 is 1.32 bits per heavy atom. The average Bonchev–Trinajstić information content (AvgIpc) is 2.97. The molecule has 0 aromatic carbocycles. The van der Waals surface area contributed by atoms with Crippen molar-refractivity contribution >= 4 is 23.0 Å². The number of allylic oxidation sites excluding steroid dienone is 4. The molecule has 0 radical (unpaired) electrons. The van der Waals surface area contributed by atoms with Gasteiger partial charge >= 0.3 is 0 Å². The van der Waals surface area contributed by atoms with E-state index in [4.69, 9.17) is 4.98 Å². The van der Waals surface area contributed by atoms with Crippen LogP contribution in [0.2, 0.25) is 0 Å². The van der Waals surface area contributed by atoms with E-state index >= 15 is 0 Å². The van der Waals surface area contributed by atoms with Gasteiger partial charge in [-0.15, -0.1) is 11.3 Å². The van der Waals surface area contributed by atoms with E-state index in [0.717, 1.165) is 32.5 Å². The number of likely N-dealkylation sites (N-methyl/N-ethyl adjacent to an activating group) is 1. The quantitative estimate of drug-likeness (QED) is 0.813. The molecule has 2 aliphatic rings. The molecule has 0 bridgehead atoms. The first-order chi connectivity index (χ1) is 9.31. The summed E-state index contributed by atoms with van der Waals surface area (Å²) in [6, 6.07) is 0. The van der Waals surface area contributed by atoms with Crippen molar-refractivity contribution in [2.45, 2.75) is 26.7 Å². The Morgan fingerprint density at radius 2 is 2.16 bits per heavy atom. The Balaban J connectivity index is 1.81. The molecule has 0 unspecified atom stereocenters. The van der Waals surface area contributed by atoms with E-state index in [1.807, 2.05) is 11.3 Å². The van der Waals surface area contributed by atoms with Crippen LogP contribution in [0.5, 0.6) is 0 Å². The molecule has 0 fully saturated rings. The largest absolute Gasteiger partial charge is 0.303 e. The summed E-state index contributed by atoms with van der Waals surface area (Å²) in [4.78, 5) is 7.32. The second-order valence-corrected chi connectivity index (χ2v) is 6.09. The highest BCUT2D eigenvalue weighted by molar-refractivity contribution is 7.09. The Labute approximate surface area is 118 Å². The van der Waals surface area contributed by atoms with Crippen LogP contribution in [0.1, 0.15) is 25.3 Å². The maximum absolute atomic E-state index is 4.86. The van der Waals surface area contributed by atoms with Gasteiger partial charge in [0.1, 0.15) is 0 Å². The second-order valence-electron chi connectivity index (χ2n) is 4.97. The molecule has 1 aromatic rings. The summed E-state index contributed by atoms with van der Waals surface area (Å²) in [5.41, 5.74) is 2.79. The zero-order valence-electron chi connectivity index (χ0n) is 11.6. The lowest BCUT2D eigenvalue weighted by Crippen LogP contribution is -2.25. The van der Waals surface area contributed by atoms with Gasteiger partial charge < -0.3 is 4.90 Å². The summed E-state index contributed by atoms with van der Waals surface area (Å²) in [5.74, 6) is 0. The van der Waals surface area contributed by atoms with Gasteiger partial charge in [-0.1, -0.05) is 32.1 Å². The normalized spacial score (nSPS) is 16.4. The van der Waals surface area contributed by atoms with Gasteiger partial charge in [0.15, 0.2) is 0 Å². The lowest BCUT2D eigenvalue weighted by Gasteiger charge is -2.16. The van der Waals surface area contributed by atoms with E-state index < -0.39 is 0 Å². The van der Waals surface area contributed by atoms with Gasteiger partial charge in [0, 0.05) is 13.0 Å². The number of rotatable bonds is 5. The van der Waals surface area contributed by atoms with Crippen LogP contribution in [0, 0.1) is 0 Å². The molecular weight excluding hydrogens is 252 g/mol. The smallest absolute Gasteiger partial charge is 0.0951 e. The van der Waals surface area contributed by atoms with Crippen molar-refractivity contribution in [3.05, 3.63) is 38.7 Å². The Hall–Kier alpha value is -1.19. The van der Waals surface area contributed by atoms with Crippen LogP contribution in [-0.4, -0.2) is 29.5 Å². The molecule has 3 rings (SSSR count). The van der Waals surface area contributed by atoms with Gasteiger partial charge in [-0.05, 0) is 36.7 Å². The fourth-order valence-corrected chi connectivity index (χ4v) is 3.71. The van der Waals surface area contributed by atoms with E-state index in [0.29, 0.717) is 0 Å². The van der Waals surface area contributed by atoms with Crippen LogP contribution in [0.25, 0.3) is 11.6 Å². The highest BCUT2D eigenvalue weighted by Crippen LogP contribution is 2.23. The molecule has 0 saturated heterocycles. The van der Waals surface area contributed by atoms with Gasteiger partial charge in [0.05, 0.1) is 14.9 Å². The van der Waals surface area contributed by atoms with Crippen LogP contribution in [0.4, 0.5) is 0 Å². The van der Waals surface area contributed by atoms with Crippen LogP contribution < -0.4 is 9.88 Å². The van der Waals surface area contributed by atoms with Gasteiger partial charge in [-0.25, -0.2) is 4.98 Å². The summed E-state index contributed by atoms with van der Waals surface area (Å²) in [6.07, 6.45) is 11.0. The molecule has 2 nitrogen and oxygen atoms in total. The number of fused-ring (bicyclic) bond motifs is 2. The lowest BCUT2D eigenvalue weighted by molar-refractivity contribution is 0.308. The van der Waals surface area contributed by atoms with Crippen molar-refractivity contribution in [2.24, 2.45) is 0 Å². The number of hydrogen-bond donors (Lipinski definition) is 0. The van der Waals surface area contributed by atoms with Crippen molar-refractivity contribution in [1.29, 1.82) is 0 Å². The summed E-state index contributed by atoms with van der Waals surface area (Å²) < 4.78 is 1.36. The summed E-state index contributed by atoms with van der Waals surface area (Å²) in [5, 5.41) is 2.53. The van der Waals surface area contributed by atoms with E-state index in [1.54, 1.807) is 0 Å². The van der Waals surface area contributed by atoms with Gasteiger partial charge in [0.25, 0.3) is 0 Å². The maximum atomic E-state index is 4.86. The van der Waals surface area contributed by atoms with Crippen molar-refractivity contribution in [1.82, 2.24) is 9.88 Å². The van der Waals surface area contributed by atoms with Crippen LogP contribution in [-0.2, 0) is 6.42 Å². The second kappa shape index (κ2) is 5.43. The minimum absolute atomic E-state index is 1.04. The van der Waals surface area contributed by atoms with Crippen LogP contribution in [0.15, 0.2) is 23.8 Å². The van der Waals surface area contributed by atoms with Gasteiger partial charge in [-0.2, -0.15) is 0 Å². The van der Waals surface area contributed by atoms with Gasteiger partial charge in [-0.3, -0.25) is 0 Å². The molecule has 2 aliphatic carbocycles. The number of aromatic nitrogens is 1. The first-order valence-corrected chi connectivity index (χ1v) is 7.93. The van der Waals surface area contributed by atoms with E-state index in [2.05, 4.69) is 43.1 Å².